The number of hydrogen-bond donors (Lipinski definition) is 1. The maximum Gasteiger partial charge on any atom is 0.116 e. The van der Waals surface area contributed by atoms with Crippen molar-refractivity contribution in [2.45, 2.75) is 39.0 Å². The first kappa shape index (κ1) is 12.0. The SMILES string of the molecule is CCCCCCc1cccc2ccc(O)cc12. The first-order chi connectivity index (χ1) is 8.31. The van der Waals surface area contributed by atoms with Gasteiger partial charge < -0.3 is 5.11 Å². The summed E-state index contributed by atoms with van der Waals surface area (Å²) in [5.41, 5.74) is 1.36. The molecule has 0 heterocycles. The quantitative estimate of drug-likeness (QED) is 0.737. The lowest BCUT2D eigenvalue weighted by molar-refractivity contribution is 0.476. The zero-order valence-corrected chi connectivity index (χ0v) is 10.4. The molecule has 0 amide bonds. The van der Waals surface area contributed by atoms with Gasteiger partial charge in [0.05, 0.1) is 0 Å². The molecule has 0 aliphatic rings. The average Bonchev–Trinajstić information content (AvgIpc) is 2.35. The lowest BCUT2D eigenvalue weighted by atomic mass is 9.99. The Hall–Kier alpha value is -1.50. The second kappa shape index (κ2) is 5.72. The third-order valence-electron chi connectivity index (χ3n) is 3.26. The van der Waals surface area contributed by atoms with Crippen molar-refractivity contribution in [3.8, 4) is 5.75 Å². The van der Waals surface area contributed by atoms with Gasteiger partial charge in [0, 0.05) is 0 Å². The lowest BCUT2D eigenvalue weighted by Gasteiger charge is -2.07. The molecule has 1 nitrogen and oxygen atoms in total. The van der Waals surface area contributed by atoms with Crippen LogP contribution in [0.4, 0.5) is 0 Å². The average molecular weight is 228 g/mol. The summed E-state index contributed by atoms with van der Waals surface area (Å²) in [6.45, 7) is 2.23. The molecular formula is C16H20O. The van der Waals surface area contributed by atoms with Gasteiger partial charge in [0.15, 0.2) is 0 Å². The minimum Gasteiger partial charge on any atom is -0.508 e. The van der Waals surface area contributed by atoms with Crippen LogP contribution in [-0.4, -0.2) is 5.11 Å². The molecule has 0 aromatic heterocycles. The van der Waals surface area contributed by atoms with E-state index in [9.17, 15) is 5.11 Å². The Balaban J connectivity index is 2.18. The fourth-order valence-corrected chi connectivity index (χ4v) is 2.29. The van der Waals surface area contributed by atoms with Gasteiger partial charge >= 0.3 is 0 Å². The Morgan fingerprint density at radius 1 is 1.00 bits per heavy atom. The highest BCUT2D eigenvalue weighted by atomic mass is 16.3. The first-order valence-corrected chi connectivity index (χ1v) is 6.52. The normalized spacial score (nSPS) is 10.9. The van der Waals surface area contributed by atoms with Gasteiger partial charge in [0.25, 0.3) is 0 Å². The number of phenolic OH excluding ortho intramolecular Hbond substituents is 1. The van der Waals surface area contributed by atoms with E-state index in [0.29, 0.717) is 5.75 Å². The van der Waals surface area contributed by atoms with Gasteiger partial charge in [-0.2, -0.15) is 0 Å². The van der Waals surface area contributed by atoms with Crippen LogP contribution in [-0.2, 0) is 6.42 Å². The van der Waals surface area contributed by atoms with Crippen molar-refractivity contribution in [1.82, 2.24) is 0 Å². The second-order valence-electron chi connectivity index (χ2n) is 4.63. The third-order valence-corrected chi connectivity index (χ3v) is 3.26. The van der Waals surface area contributed by atoms with Crippen LogP contribution in [0.1, 0.15) is 38.2 Å². The molecule has 2 aromatic carbocycles. The van der Waals surface area contributed by atoms with Crippen LogP contribution in [0.3, 0.4) is 0 Å². The van der Waals surface area contributed by atoms with E-state index in [0.717, 1.165) is 6.42 Å². The van der Waals surface area contributed by atoms with Crippen LogP contribution in [0.25, 0.3) is 10.8 Å². The number of unbranched alkanes of at least 4 members (excludes halogenated alkanes) is 3. The predicted molar refractivity (Wildman–Crippen MR) is 73.5 cm³/mol. The van der Waals surface area contributed by atoms with Gasteiger partial charge in [-0.05, 0) is 41.3 Å². The van der Waals surface area contributed by atoms with Gasteiger partial charge in [-0.1, -0.05) is 50.5 Å². The zero-order valence-electron chi connectivity index (χ0n) is 10.4. The van der Waals surface area contributed by atoms with Crippen LogP contribution >= 0.6 is 0 Å². The summed E-state index contributed by atoms with van der Waals surface area (Å²) in [7, 11) is 0. The monoisotopic (exact) mass is 228 g/mol. The molecule has 2 aromatic rings. The molecule has 0 fully saturated rings. The first-order valence-electron chi connectivity index (χ1n) is 6.52. The molecule has 0 bridgehead atoms. The van der Waals surface area contributed by atoms with Crippen molar-refractivity contribution in [2.75, 3.05) is 0 Å². The number of hydrogen-bond acceptors (Lipinski definition) is 1. The molecule has 0 saturated heterocycles. The minimum atomic E-state index is 0.360. The van der Waals surface area contributed by atoms with Crippen LogP contribution in [0.5, 0.6) is 5.75 Å². The Morgan fingerprint density at radius 3 is 2.71 bits per heavy atom. The summed E-state index contributed by atoms with van der Waals surface area (Å²) in [5.74, 6) is 0.360. The Labute approximate surface area is 103 Å². The highest BCUT2D eigenvalue weighted by Crippen LogP contribution is 2.24. The number of aryl methyl sites for hydroxylation is 1. The topological polar surface area (TPSA) is 20.2 Å². The molecule has 2 rings (SSSR count). The van der Waals surface area contributed by atoms with Crippen molar-refractivity contribution in [2.24, 2.45) is 0 Å². The highest BCUT2D eigenvalue weighted by molar-refractivity contribution is 5.86. The summed E-state index contributed by atoms with van der Waals surface area (Å²) in [5, 5.41) is 12.0. The van der Waals surface area contributed by atoms with Gasteiger partial charge in [-0.25, -0.2) is 0 Å². The third kappa shape index (κ3) is 3.00. The van der Waals surface area contributed by atoms with E-state index < -0.39 is 0 Å². The molecular weight excluding hydrogens is 208 g/mol. The van der Waals surface area contributed by atoms with E-state index in [2.05, 4.69) is 25.1 Å². The number of rotatable bonds is 5. The largest absolute Gasteiger partial charge is 0.508 e. The Kier molecular flexibility index (Phi) is 4.03. The molecule has 1 heteroatoms. The van der Waals surface area contributed by atoms with Crippen molar-refractivity contribution in [1.29, 1.82) is 0 Å². The van der Waals surface area contributed by atoms with Crippen molar-refractivity contribution >= 4 is 10.8 Å². The summed E-state index contributed by atoms with van der Waals surface area (Å²) in [6.07, 6.45) is 6.24. The number of aromatic hydroxyl groups is 1. The second-order valence-corrected chi connectivity index (χ2v) is 4.63. The molecule has 0 aliphatic heterocycles. The van der Waals surface area contributed by atoms with Gasteiger partial charge in [0.1, 0.15) is 5.75 Å². The van der Waals surface area contributed by atoms with E-state index >= 15 is 0 Å². The predicted octanol–water partition coefficient (Wildman–Crippen LogP) is 4.67. The van der Waals surface area contributed by atoms with E-state index in [4.69, 9.17) is 0 Å². The fourth-order valence-electron chi connectivity index (χ4n) is 2.29. The van der Waals surface area contributed by atoms with Gasteiger partial charge in [0.2, 0.25) is 0 Å². The van der Waals surface area contributed by atoms with Crippen LogP contribution in [0, 0.1) is 0 Å². The zero-order chi connectivity index (χ0) is 12.1. The summed E-state index contributed by atoms with van der Waals surface area (Å²) in [4.78, 5) is 0. The molecule has 0 atom stereocenters. The smallest absolute Gasteiger partial charge is 0.116 e. The molecule has 90 valence electrons. The van der Waals surface area contributed by atoms with Crippen molar-refractivity contribution in [3.63, 3.8) is 0 Å². The number of fused-ring (bicyclic) bond motifs is 1. The fraction of sp³-hybridized carbons (Fsp3) is 0.375. The van der Waals surface area contributed by atoms with E-state index in [-0.39, 0.29) is 0 Å². The van der Waals surface area contributed by atoms with Crippen LogP contribution in [0.15, 0.2) is 36.4 Å². The standard InChI is InChI=1S/C16H20O/c1-2-3-4-5-7-13-8-6-9-14-10-11-15(17)12-16(13)14/h6,8-12,17H,2-5,7H2,1H3. The Morgan fingerprint density at radius 2 is 1.88 bits per heavy atom. The maximum atomic E-state index is 9.56. The Bertz CT molecular complexity index is 488. The molecule has 0 spiro atoms. The highest BCUT2D eigenvalue weighted by Gasteiger charge is 2.01. The molecule has 0 aliphatic carbocycles. The van der Waals surface area contributed by atoms with Gasteiger partial charge in [-0.15, -0.1) is 0 Å². The van der Waals surface area contributed by atoms with Crippen molar-refractivity contribution < 1.29 is 5.11 Å². The van der Waals surface area contributed by atoms with E-state index in [1.54, 1.807) is 6.07 Å². The summed E-state index contributed by atoms with van der Waals surface area (Å²) >= 11 is 0. The maximum absolute atomic E-state index is 9.56. The number of benzene rings is 2. The summed E-state index contributed by atoms with van der Waals surface area (Å²) in [6, 6.07) is 12.0. The molecule has 0 unspecified atom stereocenters. The number of phenols is 1. The summed E-state index contributed by atoms with van der Waals surface area (Å²) < 4.78 is 0. The molecule has 17 heavy (non-hydrogen) atoms. The molecule has 0 radical (unpaired) electrons. The lowest BCUT2D eigenvalue weighted by Crippen LogP contribution is -1.88. The van der Waals surface area contributed by atoms with Gasteiger partial charge in [-0.3, -0.25) is 0 Å². The minimum absolute atomic E-state index is 0.360. The van der Waals surface area contributed by atoms with Crippen molar-refractivity contribution in [3.05, 3.63) is 42.0 Å². The molecule has 1 N–H and O–H groups in total. The van der Waals surface area contributed by atoms with E-state index in [1.807, 2.05) is 12.1 Å². The van der Waals surface area contributed by atoms with E-state index in [1.165, 1.54) is 42.0 Å². The van der Waals surface area contributed by atoms with Crippen LogP contribution in [0.2, 0.25) is 0 Å². The molecule has 0 saturated carbocycles. The van der Waals surface area contributed by atoms with Crippen LogP contribution < -0.4 is 0 Å².